The smallest absolute Gasteiger partial charge is 0.334 e. The minimum absolute atomic E-state index is 0.0403. The first-order valence-corrected chi connectivity index (χ1v) is 9.79. The molecule has 0 aliphatic heterocycles. The molecule has 166 valence electrons. The zero-order chi connectivity index (χ0) is 23.4. The van der Waals surface area contributed by atoms with E-state index in [0.717, 1.165) is 16.7 Å². The molecule has 3 aromatic rings. The van der Waals surface area contributed by atoms with E-state index in [4.69, 9.17) is 4.74 Å². The van der Waals surface area contributed by atoms with Crippen LogP contribution in [0.3, 0.4) is 0 Å². The molecule has 0 heterocycles. The molecule has 0 saturated heterocycles. The summed E-state index contributed by atoms with van der Waals surface area (Å²) in [5.41, 5.74) is 2.12. The van der Waals surface area contributed by atoms with Gasteiger partial charge in [-0.3, -0.25) is 0 Å². The van der Waals surface area contributed by atoms with E-state index in [9.17, 15) is 26.7 Å². The molecule has 2 nitrogen and oxygen atoms in total. The molecule has 7 heteroatoms. The maximum atomic E-state index is 14.0. The van der Waals surface area contributed by atoms with Crippen molar-refractivity contribution in [2.24, 2.45) is 0 Å². The molecule has 32 heavy (non-hydrogen) atoms. The summed E-state index contributed by atoms with van der Waals surface area (Å²) in [6.07, 6.45) is 0.590. The van der Waals surface area contributed by atoms with E-state index in [-0.39, 0.29) is 18.6 Å². The number of carbonyl (C=O) groups is 1. The van der Waals surface area contributed by atoms with Crippen molar-refractivity contribution in [3.63, 3.8) is 0 Å². The lowest BCUT2D eigenvalue weighted by Crippen LogP contribution is -2.10. The van der Waals surface area contributed by atoms with Crippen LogP contribution in [0.4, 0.5) is 22.0 Å². The van der Waals surface area contributed by atoms with E-state index in [2.05, 4.69) is 0 Å². The number of halogens is 5. The van der Waals surface area contributed by atoms with Crippen LogP contribution in [0.5, 0.6) is 0 Å². The molecule has 3 rings (SSSR count). The summed E-state index contributed by atoms with van der Waals surface area (Å²) in [6, 6.07) is 15.1. The predicted molar refractivity (Wildman–Crippen MR) is 111 cm³/mol. The molecule has 3 aromatic carbocycles. The second kappa shape index (κ2) is 9.77. The molecule has 0 unspecified atom stereocenters. The molecule has 0 bridgehead atoms. The van der Waals surface area contributed by atoms with Gasteiger partial charge in [-0.1, -0.05) is 55.5 Å². The third-order valence-corrected chi connectivity index (χ3v) is 5.09. The number of hydrogen-bond donors (Lipinski definition) is 0. The molecule has 0 spiro atoms. The van der Waals surface area contributed by atoms with Crippen molar-refractivity contribution >= 4 is 12.0 Å². The fourth-order valence-electron chi connectivity index (χ4n) is 3.23. The highest BCUT2D eigenvalue weighted by atomic mass is 19.2. The van der Waals surface area contributed by atoms with Gasteiger partial charge >= 0.3 is 5.97 Å². The van der Waals surface area contributed by atoms with Gasteiger partial charge in [0.1, 0.15) is 6.61 Å². The van der Waals surface area contributed by atoms with Crippen molar-refractivity contribution in [2.75, 3.05) is 0 Å². The Morgan fingerprint density at radius 1 is 0.844 bits per heavy atom. The molecule has 0 fully saturated rings. The highest BCUT2D eigenvalue weighted by molar-refractivity contribution is 5.93. The van der Waals surface area contributed by atoms with Crippen LogP contribution in [0, 0.1) is 36.0 Å². The van der Waals surface area contributed by atoms with E-state index >= 15 is 0 Å². The monoisotopic (exact) mass is 446 g/mol. The molecular formula is C25H19F5O2. The third-order valence-electron chi connectivity index (χ3n) is 5.09. The Bertz CT molecular complexity index is 1160. The van der Waals surface area contributed by atoms with Crippen molar-refractivity contribution in [3.8, 4) is 11.1 Å². The largest absolute Gasteiger partial charge is 0.457 e. The minimum atomic E-state index is -2.26. The van der Waals surface area contributed by atoms with E-state index in [1.54, 1.807) is 6.07 Å². The molecule has 0 aliphatic rings. The van der Waals surface area contributed by atoms with Crippen LogP contribution in [-0.4, -0.2) is 5.97 Å². The van der Waals surface area contributed by atoms with Crippen LogP contribution in [-0.2, 0) is 16.1 Å². The average molecular weight is 446 g/mol. The minimum Gasteiger partial charge on any atom is -0.457 e. The second-order valence-corrected chi connectivity index (χ2v) is 7.04. The highest BCUT2D eigenvalue weighted by Crippen LogP contribution is 2.28. The summed E-state index contributed by atoms with van der Waals surface area (Å²) < 4.78 is 73.3. The summed E-state index contributed by atoms with van der Waals surface area (Å²) in [6.45, 7) is 3.25. The fourth-order valence-corrected chi connectivity index (χ4v) is 3.23. The van der Waals surface area contributed by atoms with E-state index in [1.807, 2.05) is 49.4 Å². The third kappa shape index (κ3) is 4.56. The Morgan fingerprint density at radius 3 is 2.03 bits per heavy atom. The topological polar surface area (TPSA) is 26.3 Å². The van der Waals surface area contributed by atoms with E-state index in [1.165, 1.54) is 6.92 Å². The highest BCUT2D eigenvalue weighted by Gasteiger charge is 2.25. The zero-order valence-electron chi connectivity index (χ0n) is 17.3. The van der Waals surface area contributed by atoms with Gasteiger partial charge in [0.15, 0.2) is 23.3 Å². The van der Waals surface area contributed by atoms with Gasteiger partial charge < -0.3 is 4.74 Å². The van der Waals surface area contributed by atoms with Crippen LogP contribution >= 0.6 is 0 Å². The molecule has 0 saturated carbocycles. The maximum Gasteiger partial charge on any atom is 0.334 e. The lowest BCUT2D eigenvalue weighted by molar-refractivity contribution is -0.140. The Morgan fingerprint density at radius 2 is 1.44 bits per heavy atom. The number of rotatable bonds is 6. The summed E-state index contributed by atoms with van der Waals surface area (Å²) in [5.74, 6) is -11.3. The van der Waals surface area contributed by atoms with E-state index < -0.39 is 40.6 Å². The first-order chi connectivity index (χ1) is 15.3. The SMILES string of the molecule is CC/C(=C\c1c(F)c(F)c(F)c(F)c1F)C(=O)OCc1cccc(-c2ccccc2)c1C. The van der Waals surface area contributed by atoms with Crippen LogP contribution in [0.2, 0.25) is 0 Å². The van der Waals surface area contributed by atoms with Gasteiger partial charge in [0.25, 0.3) is 0 Å². The Labute approximate surface area is 182 Å². The van der Waals surface area contributed by atoms with Gasteiger partial charge in [-0.2, -0.15) is 0 Å². The first kappa shape index (κ1) is 23.2. The van der Waals surface area contributed by atoms with Crippen LogP contribution in [0.1, 0.15) is 30.0 Å². The number of esters is 1. The molecule has 0 aromatic heterocycles. The van der Waals surface area contributed by atoms with Crippen LogP contribution in [0.15, 0.2) is 54.1 Å². The number of carbonyl (C=O) groups excluding carboxylic acids is 1. The van der Waals surface area contributed by atoms with Gasteiger partial charge in [0.05, 0.1) is 5.56 Å². The van der Waals surface area contributed by atoms with Gasteiger partial charge in [-0.15, -0.1) is 0 Å². The van der Waals surface area contributed by atoms with Crippen LogP contribution in [0.25, 0.3) is 17.2 Å². The molecular weight excluding hydrogens is 427 g/mol. The first-order valence-electron chi connectivity index (χ1n) is 9.79. The molecule has 0 atom stereocenters. The predicted octanol–water partition coefficient (Wildman–Crippen LogP) is 6.89. The summed E-state index contributed by atoms with van der Waals surface area (Å²) >= 11 is 0. The maximum absolute atomic E-state index is 14.0. The lowest BCUT2D eigenvalue weighted by atomic mass is 9.97. The summed E-state index contributed by atoms with van der Waals surface area (Å²) in [4.78, 5) is 12.5. The fraction of sp³-hybridized carbons (Fsp3) is 0.160. The van der Waals surface area contributed by atoms with Crippen molar-refractivity contribution in [2.45, 2.75) is 26.9 Å². The quantitative estimate of drug-likeness (QED) is 0.135. The Kier molecular flexibility index (Phi) is 7.08. The van der Waals surface area contributed by atoms with E-state index in [0.29, 0.717) is 11.6 Å². The zero-order valence-corrected chi connectivity index (χ0v) is 17.3. The van der Waals surface area contributed by atoms with Gasteiger partial charge in [-0.25, -0.2) is 26.7 Å². The number of hydrogen-bond acceptors (Lipinski definition) is 2. The van der Waals surface area contributed by atoms with Crippen molar-refractivity contribution < 1.29 is 31.5 Å². The van der Waals surface area contributed by atoms with Crippen molar-refractivity contribution in [3.05, 3.63) is 99.9 Å². The van der Waals surface area contributed by atoms with Gasteiger partial charge in [0.2, 0.25) is 5.82 Å². The lowest BCUT2D eigenvalue weighted by Gasteiger charge is -2.13. The average Bonchev–Trinajstić information content (AvgIpc) is 2.81. The summed E-state index contributed by atoms with van der Waals surface area (Å²) in [7, 11) is 0. The standard InChI is InChI=1S/C25H19F5O2/c1-3-15(12-19-20(26)22(28)24(30)23(29)21(19)27)25(31)32-13-17-10-7-11-18(14(17)2)16-8-5-4-6-9-16/h4-12H,3,13H2,1-2H3/b15-12+. The number of ether oxygens (including phenoxy) is 1. The normalized spacial score (nSPS) is 11.5. The van der Waals surface area contributed by atoms with Crippen LogP contribution < -0.4 is 0 Å². The van der Waals surface area contributed by atoms with Gasteiger partial charge in [0, 0.05) is 5.57 Å². The molecule has 0 N–H and O–H groups in total. The second-order valence-electron chi connectivity index (χ2n) is 7.04. The summed E-state index contributed by atoms with van der Waals surface area (Å²) in [5, 5.41) is 0. The molecule has 0 radical (unpaired) electrons. The van der Waals surface area contributed by atoms with Gasteiger partial charge in [-0.05, 0) is 41.7 Å². The molecule has 0 aliphatic carbocycles. The molecule has 0 amide bonds. The van der Waals surface area contributed by atoms with Crippen molar-refractivity contribution in [1.29, 1.82) is 0 Å². The Hall–Kier alpha value is -3.48. The van der Waals surface area contributed by atoms with Crippen molar-refractivity contribution in [1.82, 2.24) is 0 Å². The number of benzene rings is 3. The Balaban J connectivity index is 1.85.